The van der Waals surface area contributed by atoms with Gasteiger partial charge in [0.1, 0.15) is 0 Å². The zero-order valence-corrected chi connectivity index (χ0v) is 22.1. The number of nitrogens with one attached hydrogen (secondary N) is 2. The Kier molecular flexibility index (Phi) is 10.7. The number of benzene rings is 1. The topological polar surface area (TPSA) is 94.1 Å². The molecule has 1 aliphatic carbocycles. The summed E-state index contributed by atoms with van der Waals surface area (Å²) in [5.74, 6) is 0.524. The van der Waals surface area contributed by atoms with Crippen molar-refractivity contribution in [2.45, 2.75) is 56.4 Å². The highest BCUT2D eigenvalue weighted by atomic mass is 127. The van der Waals surface area contributed by atoms with Crippen LogP contribution in [-0.4, -0.2) is 75.1 Å². The molecule has 1 amide bonds. The highest BCUT2D eigenvalue weighted by Crippen LogP contribution is 2.22. The number of nitrogens with zero attached hydrogens (tertiary/aromatic N) is 3. The minimum Gasteiger partial charge on any atom is -0.347 e. The van der Waals surface area contributed by atoms with Gasteiger partial charge in [0.05, 0.1) is 18.3 Å². The lowest BCUT2D eigenvalue weighted by atomic mass is 10.1. The first-order valence-corrected chi connectivity index (χ1v) is 12.7. The Hall–Kier alpha value is -1.40. The molecule has 1 heterocycles. The number of carbonyl (C=O) groups excluding carboxylic acids is 1. The highest BCUT2D eigenvalue weighted by molar-refractivity contribution is 14.0. The molecule has 0 aromatic heterocycles. The van der Waals surface area contributed by atoms with Crippen LogP contribution in [0.1, 0.15) is 44.1 Å². The number of likely N-dealkylation sites (tertiary alicyclic amines) is 1. The van der Waals surface area contributed by atoms with Gasteiger partial charge in [-0.15, -0.1) is 24.0 Å². The van der Waals surface area contributed by atoms with Crippen LogP contribution in [0.15, 0.2) is 35.3 Å². The Bertz CT molecular complexity index is 858. The van der Waals surface area contributed by atoms with E-state index in [4.69, 9.17) is 4.99 Å². The first-order valence-electron chi connectivity index (χ1n) is 11.1. The van der Waals surface area contributed by atoms with Crippen LogP contribution >= 0.6 is 24.0 Å². The second kappa shape index (κ2) is 12.7. The van der Waals surface area contributed by atoms with Gasteiger partial charge in [0.25, 0.3) is 0 Å². The Morgan fingerprint density at radius 1 is 1.12 bits per heavy atom. The molecule has 1 aromatic rings. The van der Waals surface area contributed by atoms with Crippen molar-refractivity contribution in [3.63, 3.8) is 0 Å². The molecule has 0 radical (unpaired) electrons. The second-order valence-electron chi connectivity index (χ2n) is 8.62. The van der Waals surface area contributed by atoms with Gasteiger partial charge < -0.3 is 15.1 Å². The van der Waals surface area contributed by atoms with Crippen LogP contribution in [0.2, 0.25) is 0 Å². The third kappa shape index (κ3) is 7.87. The van der Waals surface area contributed by atoms with Crippen LogP contribution in [0.25, 0.3) is 0 Å². The van der Waals surface area contributed by atoms with Gasteiger partial charge in [-0.3, -0.25) is 4.79 Å². The third-order valence-electron chi connectivity index (χ3n) is 5.95. The molecule has 0 spiro atoms. The molecule has 1 saturated carbocycles. The maximum atomic E-state index is 13.0. The third-order valence-corrected chi connectivity index (χ3v) is 7.88. The predicted molar refractivity (Wildman–Crippen MR) is 139 cm³/mol. The van der Waals surface area contributed by atoms with Crippen molar-refractivity contribution >= 4 is 45.9 Å². The summed E-state index contributed by atoms with van der Waals surface area (Å²) in [4.78, 5) is 20.3. The first kappa shape index (κ1) is 26.8. The quantitative estimate of drug-likeness (QED) is 0.295. The predicted octanol–water partition coefficient (Wildman–Crippen LogP) is 2.16. The zero-order chi connectivity index (χ0) is 22.3. The number of guanidine groups is 1. The molecule has 10 heteroatoms. The summed E-state index contributed by atoms with van der Waals surface area (Å²) >= 11 is 0. The molecule has 32 heavy (non-hydrogen) atoms. The van der Waals surface area contributed by atoms with E-state index in [1.54, 1.807) is 14.1 Å². The summed E-state index contributed by atoms with van der Waals surface area (Å²) in [6.45, 7) is 1.67. The van der Waals surface area contributed by atoms with Gasteiger partial charge in [0.15, 0.2) is 5.96 Å². The Balaban J connectivity index is 0.00000363. The van der Waals surface area contributed by atoms with Crippen LogP contribution < -0.4 is 10.0 Å². The van der Waals surface area contributed by atoms with E-state index in [2.05, 4.69) is 10.0 Å². The van der Waals surface area contributed by atoms with Gasteiger partial charge in [0.2, 0.25) is 15.9 Å². The molecule has 0 bridgehead atoms. The lowest BCUT2D eigenvalue weighted by molar-refractivity contribution is -0.127. The van der Waals surface area contributed by atoms with Crippen molar-refractivity contribution in [1.82, 2.24) is 19.8 Å². The van der Waals surface area contributed by atoms with Gasteiger partial charge in [-0.2, -0.15) is 0 Å². The average Bonchev–Trinajstić information content (AvgIpc) is 3.26. The summed E-state index contributed by atoms with van der Waals surface area (Å²) in [5.41, 5.74) is 1.06. The minimum absolute atomic E-state index is 0. The molecule has 1 atom stereocenters. The number of aliphatic imine (C=N–C) groups is 1. The summed E-state index contributed by atoms with van der Waals surface area (Å²) in [6.07, 6.45) is 5.43. The number of piperidine rings is 1. The van der Waals surface area contributed by atoms with Gasteiger partial charge in [-0.05, 0) is 31.2 Å². The smallest absolute Gasteiger partial charge is 0.241 e. The van der Waals surface area contributed by atoms with E-state index in [1.165, 1.54) is 4.90 Å². The molecule has 1 aromatic carbocycles. The van der Waals surface area contributed by atoms with Crippen LogP contribution in [0.4, 0.5) is 0 Å². The molecular formula is C22H36IN5O3S. The fourth-order valence-electron chi connectivity index (χ4n) is 4.09. The number of rotatable bonds is 7. The van der Waals surface area contributed by atoms with E-state index >= 15 is 0 Å². The molecule has 2 fully saturated rings. The van der Waals surface area contributed by atoms with E-state index in [-0.39, 0.29) is 42.5 Å². The van der Waals surface area contributed by atoms with Gasteiger partial charge in [-0.1, -0.05) is 43.2 Å². The number of sulfonamides is 1. The summed E-state index contributed by atoms with van der Waals surface area (Å²) in [5, 5.41) is 2.68. The Morgan fingerprint density at radius 2 is 1.81 bits per heavy atom. The highest BCUT2D eigenvalue weighted by Gasteiger charge is 2.34. The van der Waals surface area contributed by atoms with Crippen molar-refractivity contribution in [1.29, 1.82) is 0 Å². The van der Waals surface area contributed by atoms with Gasteiger partial charge in [0, 0.05) is 33.2 Å². The average molecular weight is 578 g/mol. The number of carbonyl (C=O) groups is 1. The SMILES string of the molecule is CN(C)C(=O)CNC(=NCc1ccccc1)N1CCCC(S(=O)(=O)NC2CCCC2)C1.I. The Labute approximate surface area is 209 Å². The fourth-order valence-corrected chi connectivity index (χ4v) is 5.83. The lowest BCUT2D eigenvalue weighted by Gasteiger charge is -2.35. The molecule has 1 aliphatic heterocycles. The van der Waals surface area contributed by atoms with Crippen molar-refractivity contribution in [2.75, 3.05) is 33.7 Å². The summed E-state index contributed by atoms with van der Waals surface area (Å²) in [6, 6.07) is 9.96. The molecule has 2 N–H and O–H groups in total. The number of hydrogen-bond acceptors (Lipinski definition) is 4. The van der Waals surface area contributed by atoms with Crippen LogP contribution in [0.5, 0.6) is 0 Å². The number of amides is 1. The normalized spacial score (nSPS) is 20.0. The monoisotopic (exact) mass is 577 g/mol. The maximum absolute atomic E-state index is 13.0. The Morgan fingerprint density at radius 3 is 2.47 bits per heavy atom. The zero-order valence-electron chi connectivity index (χ0n) is 19.0. The molecular weight excluding hydrogens is 541 g/mol. The van der Waals surface area contributed by atoms with Gasteiger partial charge in [-0.25, -0.2) is 18.1 Å². The molecule has 3 rings (SSSR count). The van der Waals surface area contributed by atoms with E-state index < -0.39 is 15.3 Å². The number of hydrogen-bond donors (Lipinski definition) is 2. The maximum Gasteiger partial charge on any atom is 0.241 e. The fraction of sp³-hybridized carbons (Fsp3) is 0.636. The van der Waals surface area contributed by atoms with Crippen molar-refractivity contribution in [3.8, 4) is 0 Å². The van der Waals surface area contributed by atoms with Crippen LogP contribution in [0, 0.1) is 0 Å². The van der Waals surface area contributed by atoms with Crippen molar-refractivity contribution in [3.05, 3.63) is 35.9 Å². The van der Waals surface area contributed by atoms with Crippen LogP contribution in [-0.2, 0) is 21.4 Å². The second-order valence-corrected chi connectivity index (χ2v) is 10.6. The molecule has 2 aliphatic rings. The van der Waals surface area contributed by atoms with E-state index in [0.717, 1.165) is 37.7 Å². The summed E-state index contributed by atoms with van der Waals surface area (Å²) < 4.78 is 28.9. The summed E-state index contributed by atoms with van der Waals surface area (Å²) in [7, 11) is 0.0280. The van der Waals surface area contributed by atoms with E-state index in [0.29, 0.717) is 32.0 Å². The molecule has 180 valence electrons. The van der Waals surface area contributed by atoms with Gasteiger partial charge >= 0.3 is 0 Å². The number of likely N-dealkylation sites (N-methyl/N-ethyl adjacent to an activating group) is 1. The molecule has 1 unspecified atom stereocenters. The largest absolute Gasteiger partial charge is 0.347 e. The number of halogens is 1. The minimum atomic E-state index is -3.39. The van der Waals surface area contributed by atoms with Crippen LogP contribution in [0.3, 0.4) is 0 Å². The standard InChI is InChI=1S/C22H35N5O3S.HI/c1-26(2)21(28)16-24-22(23-15-18-9-4-3-5-10-18)27-14-8-13-20(17-27)31(29,30)25-19-11-6-7-12-19;/h3-5,9-10,19-20,25H,6-8,11-17H2,1-2H3,(H,23,24);1H. The first-order chi connectivity index (χ1) is 14.8. The van der Waals surface area contributed by atoms with E-state index in [9.17, 15) is 13.2 Å². The molecule has 1 saturated heterocycles. The lowest BCUT2D eigenvalue weighted by Crippen LogP contribution is -2.53. The van der Waals surface area contributed by atoms with Crippen molar-refractivity contribution < 1.29 is 13.2 Å². The van der Waals surface area contributed by atoms with E-state index in [1.807, 2.05) is 35.2 Å². The van der Waals surface area contributed by atoms with Crippen molar-refractivity contribution in [2.24, 2.45) is 4.99 Å². The molecule has 8 nitrogen and oxygen atoms in total.